The molecule has 1 saturated heterocycles. The second-order valence-electron chi connectivity index (χ2n) is 11.1. The second-order valence-corrected chi connectivity index (χ2v) is 11.1. The molecule has 2 fully saturated rings. The number of amides is 2. The number of nitrogens with one attached hydrogen (secondary N) is 1. The molecule has 9 heteroatoms. The SMILES string of the molecule is O=C1Cc2cc(-c3ccc(-c4nc5cc(C(F)(F)F)ccc5n4CC4CCN(C(=O)C5CC5)C4)cc3)ccc2N1. The molecule has 0 spiro atoms. The van der Waals surface area contributed by atoms with Gasteiger partial charge in [0.1, 0.15) is 5.82 Å². The van der Waals surface area contributed by atoms with E-state index < -0.39 is 11.7 Å². The van der Waals surface area contributed by atoms with Crippen molar-refractivity contribution in [2.75, 3.05) is 18.4 Å². The van der Waals surface area contributed by atoms with Crippen molar-refractivity contribution < 1.29 is 22.8 Å². The lowest BCUT2D eigenvalue weighted by atomic mass is 10.0. The largest absolute Gasteiger partial charge is 0.416 e. The highest BCUT2D eigenvalue weighted by Gasteiger charge is 2.37. The first-order chi connectivity index (χ1) is 19.2. The standard InChI is InChI=1S/C31H27F3N4O2/c32-31(33,34)24-8-10-27-26(15-24)36-29(38(27)17-18-11-12-37(16-18)30(40)21-5-6-21)20-3-1-19(2-4-20)22-7-9-25-23(13-22)14-28(39)35-25/h1-4,7-10,13,15,18,21H,5-6,11-12,14,16-17H2,(H,35,39). The fourth-order valence-corrected chi connectivity index (χ4v) is 5.96. The Morgan fingerprint density at radius 2 is 1.70 bits per heavy atom. The molecule has 3 aromatic carbocycles. The van der Waals surface area contributed by atoms with Crippen LogP contribution in [-0.2, 0) is 28.7 Å². The fourth-order valence-electron chi connectivity index (χ4n) is 5.96. The first-order valence-electron chi connectivity index (χ1n) is 13.6. The molecule has 1 unspecified atom stereocenters. The van der Waals surface area contributed by atoms with Crippen LogP contribution in [0.4, 0.5) is 18.9 Å². The predicted octanol–water partition coefficient (Wildman–Crippen LogP) is 6.14. The van der Waals surface area contributed by atoms with E-state index in [9.17, 15) is 22.8 Å². The molecule has 3 heterocycles. The van der Waals surface area contributed by atoms with Crippen LogP contribution in [-0.4, -0.2) is 39.4 Å². The van der Waals surface area contributed by atoms with Crippen LogP contribution in [0.3, 0.4) is 0 Å². The van der Waals surface area contributed by atoms with Crippen molar-refractivity contribution in [1.29, 1.82) is 0 Å². The van der Waals surface area contributed by atoms with Gasteiger partial charge in [-0.2, -0.15) is 13.2 Å². The Morgan fingerprint density at radius 1 is 0.950 bits per heavy atom. The number of hydrogen-bond donors (Lipinski definition) is 1. The van der Waals surface area contributed by atoms with Crippen molar-refractivity contribution in [3.05, 3.63) is 71.8 Å². The van der Waals surface area contributed by atoms with Crippen LogP contribution >= 0.6 is 0 Å². The average molecular weight is 545 g/mol. The Kier molecular flexibility index (Phi) is 5.73. The smallest absolute Gasteiger partial charge is 0.342 e. The zero-order chi connectivity index (χ0) is 27.6. The second kappa shape index (κ2) is 9.21. The van der Waals surface area contributed by atoms with Gasteiger partial charge in [-0.1, -0.05) is 30.3 Å². The highest BCUT2D eigenvalue weighted by atomic mass is 19.4. The van der Waals surface area contributed by atoms with Crippen molar-refractivity contribution in [1.82, 2.24) is 14.5 Å². The molecule has 0 bridgehead atoms. The van der Waals surface area contributed by atoms with Crippen molar-refractivity contribution in [2.24, 2.45) is 11.8 Å². The topological polar surface area (TPSA) is 67.2 Å². The molecule has 3 aliphatic rings. The minimum atomic E-state index is -4.45. The highest BCUT2D eigenvalue weighted by molar-refractivity contribution is 5.99. The van der Waals surface area contributed by atoms with E-state index in [0.717, 1.165) is 65.9 Å². The maximum Gasteiger partial charge on any atom is 0.416 e. The van der Waals surface area contributed by atoms with Gasteiger partial charge in [-0.05, 0) is 72.2 Å². The summed E-state index contributed by atoms with van der Waals surface area (Å²) in [7, 11) is 0. The molecule has 7 rings (SSSR count). The summed E-state index contributed by atoms with van der Waals surface area (Å²) in [5.74, 6) is 1.19. The molecular formula is C31H27F3N4O2. The van der Waals surface area contributed by atoms with Gasteiger partial charge in [0.05, 0.1) is 23.0 Å². The molecule has 1 N–H and O–H groups in total. The molecule has 2 amide bonds. The third-order valence-corrected chi connectivity index (χ3v) is 8.25. The number of rotatable bonds is 5. The van der Waals surface area contributed by atoms with Crippen molar-refractivity contribution in [3.63, 3.8) is 0 Å². The molecule has 40 heavy (non-hydrogen) atoms. The normalized spacial score (nSPS) is 18.8. The summed E-state index contributed by atoms with van der Waals surface area (Å²) in [6.07, 6.45) is -1.31. The quantitative estimate of drug-likeness (QED) is 0.328. The molecular weight excluding hydrogens is 517 g/mol. The van der Waals surface area contributed by atoms with E-state index in [4.69, 9.17) is 0 Å². The first kappa shape index (κ1) is 24.9. The van der Waals surface area contributed by atoms with E-state index in [-0.39, 0.29) is 23.7 Å². The zero-order valence-electron chi connectivity index (χ0n) is 21.7. The number of halogens is 3. The Hall–Kier alpha value is -4.14. The van der Waals surface area contributed by atoms with Crippen LogP contribution in [0, 0.1) is 11.8 Å². The van der Waals surface area contributed by atoms with Crippen LogP contribution in [0.2, 0.25) is 0 Å². The Bertz CT molecular complexity index is 1650. The number of aromatic nitrogens is 2. The lowest BCUT2D eigenvalue weighted by Gasteiger charge is -2.18. The van der Waals surface area contributed by atoms with Crippen LogP contribution < -0.4 is 5.32 Å². The maximum atomic E-state index is 13.5. The molecule has 0 radical (unpaired) electrons. The number of carbonyl (C=O) groups excluding carboxylic acids is 2. The number of fused-ring (bicyclic) bond motifs is 2. The summed E-state index contributed by atoms with van der Waals surface area (Å²) in [5, 5.41) is 2.84. The van der Waals surface area contributed by atoms with Gasteiger partial charge >= 0.3 is 6.18 Å². The van der Waals surface area contributed by atoms with Crippen LogP contribution in [0.15, 0.2) is 60.7 Å². The Labute approximate surface area is 228 Å². The third kappa shape index (κ3) is 4.53. The van der Waals surface area contributed by atoms with E-state index in [1.807, 2.05) is 51.9 Å². The van der Waals surface area contributed by atoms with E-state index in [2.05, 4.69) is 10.3 Å². The highest BCUT2D eigenvalue weighted by Crippen LogP contribution is 2.36. The van der Waals surface area contributed by atoms with E-state index >= 15 is 0 Å². The minimum Gasteiger partial charge on any atom is -0.342 e. The van der Waals surface area contributed by atoms with Gasteiger partial charge in [-0.3, -0.25) is 9.59 Å². The molecule has 6 nitrogen and oxygen atoms in total. The summed E-state index contributed by atoms with van der Waals surface area (Å²) >= 11 is 0. The van der Waals surface area contributed by atoms with Gasteiger partial charge in [0, 0.05) is 36.8 Å². The molecule has 4 aromatic rings. The number of carbonyl (C=O) groups is 2. The molecule has 1 atom stereocenters. The summed E-state index contributed by atoms with van der Waals surface area (Å²) < 4.78 is 42.4. The van der Waals surface area contributed by atoms with Gasteiger partial charge in [0.25, 0.3) is 0 Å². The summed E-state index contributed by atoms with van der Waals surface area (Å²) in [5.41, 5.74) is 4.77. The van der Waals surface area contributed by atoms with E-state index in [1.54, 1.807) is 0 Å². The van der Waals surface area contributed by atoms with Crippen LogP contribution in [0.25, 0.3) is 33.5 Å². The zero-order valence-corrected chi connectivity index (χ0v) is 21.7. The lowest BCUT2D eigenvalue weighted by molar-refractivity contribution is -0.137. The summed E-state index contributed by atoms with van der Waals surface area (Å²) in [4.78, 5) is 31.0. The number of anilines is 1. The first-order valence-corrected chi connectivity index (χ1v) is 13.6. The molecule has 1 aliphatic carbocycles. The van der Waals surface area contributed by atoms with Crippen molar-refractivity contribution in [2.45, 2.75) is 38.4 Å². The molecule has 1 saturated carbocycles. The number of nitrogens with zero attached hydrogens (tertiary/aromatic N) is 3. The number of likely N-dealkylation sites (tertiary alicyclic amines) is 1. The number of imidazole rings is 1. The van der Waals surface area contributed by atoms with Gasteiger partial charge in [0.15, 0.2) is 0 Å². The number of alkyl halides is 3. The Balaban J connectivity index is 1.22. The van der Waals surface area contributed by atoms with Crippen molar-refractivity contribution in [3.8, 4) is 22.5 Å². The molecule has 204 valence electrons. The number of hydrogen-bond acceptors (Lipinski definition) is 3. The molecule has 1 aromatic heterocycles. The van der Waals surface area contributed by atoms with E-state index in [0.29, 0.717) is 36.4 Å². The van der Waals surface area contributed by atoms with Gasteiger partial charge in [-0.15, -0.1) is 0 Å². The predicted molar refractivity (Wildman–Crippen MR) is 145 cm³/mol. The van der Waals surface area contributed by atoms with E-state index in [1.165, 1.54) is 6.07 Å². The Morgan fingerprint density at radius 3 is 2.45 bits per heavy atom. The van der Waals surface area contributed by atoms with Crippen LogP contribution in [0.1, 0.15) is 30.4 Å². The number of benzene rings is 3. The van der Waals surface area contributed by atoms with Gasteiger partial charge < -0.3 is 14.8 Å². The van der Waals surface area contributed by atoms with Crippen molar-refractivity contribution >= 4 is 28.5 Å². The van der Waals surface area contributed by atoms with Gasteiger partial charge in [0.2, 0.25) is 11.8 Å². The average Bonchev–Trinajstić information content (AvgIpc) is 3.40. The van der Waals surface area contributed by atoms with Gasteiger partial charge in [-0.25, -0.2) is 4.98 Å². The summed E-state index contributed by atoms with van der Waals surface area (Å²) in [6, 6.07) is 17.4. The minimum absolute atomic E-state index is 0.0163. The monoisotopic (exact) mass is 544 g/mol. The summed E-state index contributed by atoms with van der Waals surface area (Å²) in [6.45, 7) is 1.94. The third-order valence-electron chi connectivity index (χ3n) is 8.25. The molecule has 2 aliphatic heterocycles. The maximum absolute atomic E-state index is 13.5. The lowest BCUT2D eigenvalue weighted by Crippen LogP contribution is -2.30. The van der Waals surface area contributed by atoms with Crippen LogP contribution in [0.5, 0.6) is 0 Å². The fraction of sp³-hybridized carbons (Fsp3) is 0.323.